The van der Waals surface area contributed by atoms with Crippen molar-refractivity contribution in [3.05, 3.63) is 72.8 Å². The number of nitrogens with one attached hydrogen (secondary N) is 2. The fourth-order valence-corrected chi connectivity index (χ4v) is 5.44. The molecular weight excluding hydrogens is 436 g/mol. The normalized spacial score (nSPS) is 12.0. The highest BCUT2D eigenvalue weighted by molar-refractivity contribution is 7.91. The molecule has 0 saturated heterocycles. The summed E-state index contributed by atoms with van der Waals surface area (Å²) in [6.45, 7) is 0.144. The Morgan fingerprint density at radius 3 is 2.16 bits per heavy atom. The Morgan fingerprint density at radius 2 is 1.42 bits per heavy atom. The van der Waals surface area contributed by atoms with Crippen molar-refractivity contribution < 1.29 is 21.6 Å². The SMILES string of the molecule is O=C(CCNS(=O)(=O)c1ccc2ccccc2c1)NCCCS(=O)(=O)c1ccccc1. The molecule has 0 fully saturated rings. The summed E-state index contributed by atoms with van der Waals surface area (Å²) in [6.07, 6.45) is 0.226. The van der Waals surface area contributed by atoms with Gasteiger partial charge in [-0.2, -0.15) is 0 Å². The molecule has 0 unspecified atom stereocenters. The minimum Gasteiger partial charge on any atom is -0.356 e. The summed E-state index contributed by atoms with van der Waals surface area (Å²) in [5.74, 6) is -0.426. The summed E-state index contributed by atoms with van der Waals surface area (Å²) in [6, 6.07) is 20.4. The van der Waals surface area contributed by atoms with Crippen LogP contribution in [-0.4, -0.2) is 41.6 Å². The second kappa shape index (κ2) is 10.0. The molecule has 0 aromatic heterocycles. The fourth-order valence-electron chi connectivity index (χ4n) is 3.04. The van der Waals surface area contributed by atoms with Gasteiger partial charge in [0.05, 0.1) is 15.5 Å². The average Bonchev–Trinajstić information content (AvgIpc) is 2.77. The molecule has 0 bridgehead atoms. The van der Waals surface area contributed by atoms with Crippen LogP contribution in [0.1, 0.15) is 12.8 Å². The lowest BCUT2D eigenvalue weighted by Crippen LogP contribution is -2.31. The van der Waals surface area contributed by atoms with Crippen LogP contribution in [0.3, 0.4) is 0 Å². The maximum Gasteiger partial charge on any atom is 0.240 e. The molecule has 3 aromatic carbocycles. The Balaban J connectivity index is 1.42. The maximum atomic E-state index is 12.5. The molecule has 0 radical (unpaired) electrons. The number of hydrogen-bond donors (Lipinski definition) is 2. The minimum atomic E-state index is -3.73. The van der Waals surface area contributed by atoms with E-state index in [1.807, 2.05) is 24.3 Å². The van der Waals surface area contributed by atoms with E-state index >= 15 is 0 Å². The van der Waals surface area contributed by atoms with Gasteiger partial charge in [0.15, 0.2) is 9.84 Å². The van der Waals surface area contributed by atoms with Crippen molar-refractivity contribution in [3.8, 4) is 0 Å². The summed E-state index contributed by atoms with van der Waals surface area (Å²) in [7, 11) is -7.12. The minimum absolute atomic E-state index is 0.0434. The van der Waals surface area contributed by atoms with Crippen LogP contribution >= 0.6 is 0 Å². The van der Waals surface area contributed by atoms with E-state index in [-0.39, 0.29) is 47.4 Å². The molecule has 0 saturated carbocycles. The lowest BCUT2D eigenvalue weighted by Gasteiger charge is -2.09. The molecule has 3 rings (SSSR count). The first-order valence-corrected chi connectivity index (χ1v) is 12.9. The number of fused-ring (bicyclic) bond motifs is 1. The van der Waals surface area contributed by atoms with Crippen molar-refractivity contribution >= 4 is 36.5 Å². The summed E-state index contributed by atoms with van der Waals surface area (Å²) in [5.41, 5.74) is 0. The molecule has 7 nitrogen and oxygen atoms in total. The van der Waals surface area contributed by atoms with Crippen LogP contribution in [-0.2, 0) is 24.7 Å². The van der Waals surface area contributed by atoms with Crippen molar-refractivity contribution in [2.45, 2.75) is 22.6 Å². The summed E-state index contributed by atoms with van der Waals surface area (Å²) >= 11 is 0. The van der Waals surface area contributed by atoms with Gasteiger partial charge in [-0.05, 0) is 41.5 Å². The summed E-state index contributed by atoms with van der Waals surface area (Å²) < 4.78 is 51.7. The molecule has 164 valence electrons. The zero-order chi connectivity index (χ0) is 22.3. The van der Waals surface area contributed by atoms with E-state index in [1.165, 1.54) is 18.2 Å². The van der Waals surface area contributed by atoms with Crippen molar-refractivity contribution in [1.82, 2.24) is 10.0 Å². The Kier molecular flexibility index (Phi) is 7.42. The van der Waals surface area contributed by atoms with Gasteiger partial charge in [-0.25, -0.2) is 21.6 Å². The first kappa shape index (κ1) is 22.9. The number of rotatable bonds is 10. The Morgan fingerprint density at radius 1 is 0.742 bits per heavy atom. The van der Waals surface area contributed by atoms with Gasteiger partial charge < -0.3 is 5.32 Å². The van der Waals surface area contributed by atoms with Crippen LogP contribution in [0.15, 0.2) is 82.6 Å². The van der Waals surface area contributed by atoms with Crippen molar-refractivity contribution in [2.24, 2.45) is 0 Å². The molecule has 0 atom stereocenters. The molecule has 1 amide bonds. The van der Waals surface area contributed by atoms with E-state index in [0.29, 0.717) is 0 Å². The molecule has 0 aliphatic carbocycles. The van der Waals surface area contributed by atoms with Gasteiger partial charge in [0, 0.05) is 19.5 Å². The third kappa shape index (κ3) is 6.36. The third-order valence-electron chi connectivity index (χ3n) is 4.69. The van der Waals surface area contributed by atoms with Crippen LogP contribution < -0.4 is 10.0 Å². The van der Waals surface area contributed by atoms with E-state index in [0.717, 1.165) is 10.8 Å². The van der Waals surface area contributed by atoms with Crippen LogP contribution in [0.4, 0.5) is 0 Å². The Bertz CT molecular complexity index is 1260. The Labute approximate surface area is 182 Å². The topological polar surface area (TPSA) is 109 Å². The quantitative estimate of drug-likeness (QED) is 0.452. The standard InChI is InChI=1S/C22H24N2O5S2/c25-22(23-14-6-16-30(26,27)20-9-2-1-3-10-20)13-15-24-31(28,29)21-12-11-18-7-4-5-8-19(18)17-21/h1-5,7-12,17,24H,6,13-16H2,(H,23,25). The largest absolute Gasteiger partial charge is 0.356 e. The lowest BCUT2D eigenvalue weighted by molar-refractivity contribution is -0.120. The zero-order valence-electron chi connectivity index (χ0n) is 16.8. The van der Waals surface area contributed by atoms with E-state index in [4.69, 9.17) is 0 Å². The van der Waals surface area contributed by atoms with Crippen molar-refractivity contribution in [3.63, 3.8) is 0 Å². The lowest BCUT2D eigenvalue weighted by atomic mass is 10.1. The average molecular weight is 461 g/mol. The Hall–Kier alpha value is -2.75. The molecule has 31 heavy (non-hydrogen) atoms. The van der Waals surface area contributed by atoms with Crippen molar-refractivity contribution in [2.75, 3.05) is 18.8 Å². The zero-order valence-corrected chi connectivity index (χ0v) is 18.5. The monoisotopic (exact) mass is 460 g/mol. The maximum absolute atomic E-state index is 12.5. The third-order valence-corrected chi connectivity index (χ3v) is 7.96. The number of sulfonamides is 1. The molecule has 0 heterocycles. The van der Waals surface area contributed by atoms with Crippen LogP contribution in [0, 0.1) is 0 Å². The highest BCUT2D eigenvalue weighted by Gasteiger charge is 2.15. The van der Waals surface area contributed by atoms with E-state index in [9.17, 15) is 21.6 Å². The molecule has 2 N–H and O–H groups in total. The van der Waals surface area contributed by atoms with Gasteiger partial charge in [-0.3, -0.25) is 4.79 Å². The molecule has 0 spiro atoms. The number of amides is 1. The number of hydrogen-bond acceptors (Lipinski definition) is 5. The number of carbonyl (C=O) groups excluding carboxylic acids is 1. The second-order valence-corrected chi connectivity index (χ2v) is 10.9. The van der Waals surface area contributed by atoms with Crippen molar-refractivity contribution in [1.29, 1.82) is 0 Å². The van der Waals surface area contributed by atoms with Gasteiger partial charge in [0.2, 0.25) is 15.9 Å². The summed E-state index contributed by atoms with van der Waals surface area (Å²) in [5, 5.41) is 4.37. The molecule has 0 aliphatic rings. The predicted molar refractivity (Wildman–Crippen MR) is 120 cm³/mol. The van der Waals surface area contributed by atoms with E-state index < -0.39 is 19.9 Å². The van der Waals surface area contributed by atoms with Gasteiger partial charge >= 0.3 is 0 Å². The van der Waals surface area contributed by atoms with Gasteiger partial charge in [0.25, 0.3) is 0 Å². The van der Waals surface area contributed by atoms with Crippen LogP contribution in [0.25, 0.3) is 10.8 Å². The second-order valence-electron chi connectivity index (χ2n) is 6.99. The molecule has 0 aliphatic heterocycles. The van der Waals surface area contributed by atoms with Crippen LogP contribution in [0.2, 0.25) is 0 Å². The summed E-state index contributed by atoms with van der Waals surface area (Å²) in [4.78, 5) is 12.3. The molecular formula is C22H24N2O5S2. The number of benzene rings is 3. The van der Waals surface area contributed by atoms with Gasteiger partial charge in [-0.1, -0.05) is 48.5 Å². The highest BCUT2D eigenvalue weighted by atomic mass is 32.2. The predicted octanol–water partition coefficient (Wildman–Crippen LogP) is 2.49. The smallest absolute Gasteiger partial charge is 0.240 e. The first-order valence-electron chi connectivity index (χ1n) is 9.81. The van der Waals surface area contributed by atoms with Crippen LogP contribution in [0.5, 0.6) is 0 Å². The first-order chi connectivity index (χ1) is 14.8. The van der Waals surface area contributed by atoms with E-state index in [1.54, 1.807) is 30.3 Å². The molecule has 9 heteroatoms. The van der Waals surface area contributed by atoms with Gasteiger partial charge in [-0.15, -0.1) is 0 Å². The highest BCUT2D eigenvalue weighted by Crippen LogP contribution is 2.18. The number of sulfone groups is 1. The van der Waals surface area contributed by atoms with E-state index in [2.05, 4.69) is 10.0 Å². The fraction of sp³-hybridized carbons (Fsp3) is 0.227. The number of carbonyl (C=O) groups is 1. The van der Waals surface area contributed by atoms with Gasteiger partial charge in [0.1, 0.15) is 0 Å². The molecule has 3 aromatic rings.